The molecule has 0 amide bonds. The molecule has 1 aliphatic carbocycles. The lowest BCUT2D eigenvalue weighted by atomic mass is 9.65. The van der Waals surface area contributed by atoms with Gasteiger partial charge in [0.2, 0.25) is 0 Å². The van der Waals surface area contributed by atoms with Crippen LogP contribution in [0.2, 0.25) is 0 Å². The number of nitrogens with zero attached hydrogens (tertiary/aromatic N) is 4. The van der Waals surface area contributed by atoms with Crippen LogP contribution in [0.4, 0.5) is 10.2 Å². The predicted molar refractivity (Wildman–Crippen MR) is 93.8 cm³/mol. The normalized spacial score (nSPS) is 22.2. The first kappa shape index (κ1) is 15.6. The van der Waals surface area contributed by atoms with Gasteiger partial charge >= 0.3 is 0 Å². The van der Waals surface area contributed by atoms with Crippen molar-refractivity contribution in [1.29, 1.82) is 0 Å². The number of hydrogen-bond donors (Lipinski definition) is 1. The summed E-state index contributed by atoms with van der Waals surface area (Å²) >= 11 is 0. The SMILES string of the molecule is FC1CC(CNc2ccc(-c3ccccn3)nn2)(c2ccccn2)C1. The van der Waals surface area contributed by atoms with Crippen molar-refractivity contribution in [2.75, 3.05) is 11.9 Å². The quantitative estimate of drug-likeness (QED) is 0.774. The molecule has 0 saturated heterocycles. The molecule has 0 radical (unpaired) electrons. The highest BCUT2D eigenvalue weighted by Gasteiger charge is 2.46. The Labute approximate surface area is 145 Å². The van der Waals surface area contributed by atoms with E-state index < -0.39 is 6.17 Å². The van der Waals surface area contributed by atoms with Crippen LogP contribution >= 0.6 is 0 Å². The molecule has 0 bridgehead atoms. The highest BCUT2D eigenvalue weighted by molar-refractivity contribution is 5.54. The molecule has 126 valence electrons. The van der Waals surface area contributed by atoms with Crippen molar-refractivity contribution in [2.45, 2.75) is 24.4 Å². The first-order chi connectivity index (χ1) is 12.3. The van der Waals surface area contributed by atoms with Gasteiger partial charge in [0.15, 0.2) is 0 Å². The van der Waals surface area contributed by atoms with E-state index in [4.69, 9.17) is 0 Å². The molecule has 0 spiro atoms. The lowest BCUT2D eigenvalue weighted by Crippen LogP contribution is -2.48. The van der Waals surface area contributed by atoms with Gasteiger partial charge in [0.05, 0.1) is 5.69 Å². The molecule has 3 aromatic rings. The van der Waals surface area contributed by atoms with E-state index in [2.05, 4.69) is 25.5 Å². The highest BCUT2D eigenvalue weighted by atomic mass is 19.1. The Morgan fingerprint density at radius 3 is 2.32 bits per heavy atom. The predicted octanol–water partition coefficient (Wildman–Crippen LogP) is 3.42. The molecular weight excluding hydrogens is 317 g/mol. The highest BCUT2D eigenvalue weighted by Crippen LogP contribution is 2.44. The fourth-order valence-corrected chi connectivity index (χ4v) is 3.25. The number of pyridine rings is 2. The van der Waals surface area contributed by atoms with Crippen LogP contribution in [0, 0.1) is 0 Å². The van der Waals surface area contributed by atoms with Crippen molar-refractivity contribution in [2.24, 2.45) is 0 Å². The molecule has 3 aromatic heterocycles. The molecule has 0 atom stereocenters. The van der Waals surface area contributed by atoms with Crippen LogP contribution in [0.1, 0.15) is 18.5 Å². The summed E-state index contributed by atoms with van der Waals surface area (Å²) < 4.78 is 13.6. The monoisotopic (exact) mass is 335 g/mol. The van der Waals surface area contributed by atoms with Crippen molar-refractivity contribution in [3.05, 3.63) is 66.6 Å². The lowest BCUT2D eigenvalue weighted by molar-refractivity contribution is 0.0996. The van der Waals surface area contributed by atoms with Crippen LogP contribution in [0.3, 0.4) is 0 Å². The van der Waals surface area contributed by atoms with E-state index in [1.165, 1.54) is 0 Å². The van der Waals surface area contributed by atoms with Gasteiger partial charge in [0.25, 0.3) is 0 Å². The fraction of sp³-hybridized carbons (Fsp3) is 0.263. The standard InChI is InChI=1S/C19H18FN5/c20-14-11-19(12-14,17-6-2-4-10-22-17)13-23-18-8-7-16(24-25-18)15-5-1-3-9-21-15/h1-10,14H,11-13H2,(H,23,25). The van der Waals surface area contributed by atoms with Crippen LogP contribution in [0.5, 0.6) is 0 Å². The van der Waals surface area contributed by atoms with Gasteiger partial charge in [-0.05, 0) is 49.2 Å². The molecule has 25 heavy (non-hydrogen) atoms. The molecule has 5 nitrogen and oxygen atoms in total. The number of alkyl halides is 1. The average molecular weight is 335 g/mol. The summed E-state index contributed by atoms with van der Waals surface area (Å²) in [4.78, 5) is 8.68. The van der Waals surface area contributed by atoms with Crippen molar-refractivity contribution in [1.82, 2.24) is 20.2 Å². The van der Waals surface area contributed by atoms with E-state index in [1.54, 1.807) is 12.4 Å². The zero-order valence-corrected chi connectivity index (χ0v) is 13.6. The van der Waals surface area contributed by atoms with Crippen molar-refractivity contribution >= 4 is 5.82 Å². The largest absolute Gasteiger partial charge is 0.368 e. The second-order valence-corrected chi connectivity index (χ2v) is 6.37. The Morgan fingerprint density at radius 2 is 1.72 bits per heavy atom. The average Bonchev–Trinajstić information content (AvgIpc) is 2.66. The van der Waals surface area contributed by atoms with Gasteiger partial charge in [0, 0.05) is 30.0 Å². The van der Waals surface area contributed by atoms with Gasteiger partial charge in [-0.3, -0.25) is 9.97 Å². The summed E-state index contributed by atoms with van der Waals surface area (Å²) in [7, 11) is 0. The maximum absolute atomic E-state index is 13.6. The van der Waals surface area contributed by atoms with Gasteiger partial charge < -0.3 is 5.32 Å². The molecule has 3 heterocycles. The molecule has 1 saturated carbocycles. The van der Waals surface area contributed by atoms with Gasteiger partial charge in [-0.25, -0.2) is 4.39 Å². The Hall–Kier alpha value is -2.89. The maximum atomic E-state index is 13.6. The van der Waals surface area contributed by atoms with Crippen molar-refractivity contribution in [3.63, 3.8) is 0 Å². The minimum Gasteiger partial charge on any atom is -0.368 e. The fourth-order valence-electron chi connectivity index (χ4n) is 3.25. The van der Waals surface area contributed by atoms with E-state index in [0.717, 1.165) is 17.1 Å². The summed E-state index contributed by atoms with van der Waals surface area (Å²) in [6, 6.07) is 15.2. The van der Waals surface area contributed by atoms with Gasteiger partial charge in [0.1, 0.15) is 17.7 Å². The second kappa shape index (κ2) is 6.55. The number of nitrogens with one attached hydrogen (secondary N) is 1. The van der Waals surface area contributed by atoms with Gasteiger partial charge in [-0.15, -0.1) is 10.2 Å². The Balaban J connectivity index is 1.47. The van der Waals surface area contributed by atoms with Crippen LogP contribution < -0.4 is 5.32 Å². The molecule has 0 aliphatic heterocycles. The maximum Gasteiger partial charge on any atom is 0.148 e. The molecule has 1 N–H and O–H groups in total. The minimum absolute atomic E-state index is 0.276. The van der Waals surface area contributed by atoms with Gasteiger partial charge in [-0.1, -0.05) is 12.1 Å². The Morgan fingerprint density at radius 1 is 0.920 bits per heavy atom. The third-order valence-corrected chi connectivity index (χ3v) is 4.63. The second-order valence-electron chi connectivity index (χ2n) is 6.37. The van der Waals surface area contributed by atoms with Crippen LogP contribution in [0.25, 0.3) is 11.4 Å². The Bertz CT molecular complexity index is 817. The topological polar surface area (TPSA) is 63.6 Å². The number of halogens is 1. The summed E-state index contributed by atoms with van der Waals surface area (Å²) in [6.07, 6.45) is 3.68. The molecule has 0 unspecified atom stereocenters. The third kappa shape index (κ3) is 3.20. The van der Waals surface area contributed by atoms with Crippen molar-refractivity contribution in [3.8, 4) is 11.4 Å². The molecule has 4 rings (SSSR count). The van der Waals surface area contributed by atoms with Gasteiger partial charge in [-0.2, -0.15) is 0 Å². The number of hydrogen-bond acceptors (Lipinski definition) is 5. The number of aromatic nitrogens is 4. The molecule has 1 fully saturated rings. The van der Waals surface area contributed by atoms with Crippen molar-refractivity contribution < 1.29 is 4.39 Å². The first-order valence-corrected chi connectivity index (χ1v) is 8.30. The zero-order valence-electron chi connectivity index (χ0n) is 13.6. The minimum atomic E-state index is -0.763. The molecular formula is C19H18FN5. The lowest BCUT2D eigenvalue weighted by Gasteiger charge is -2.43. The summed E-state index contributed by atoms with van der Waals surface area (Å²) in [5.41, 5.74) is 2.15. The first-order valence-electron chi connectivity index (χ1n) is 8.30. The molecule has 6 heteroatoms. The van der Waals surface area contributed by atoms with E-state index in [-0.39, 0.29) is 5.41 Å². The molecule has 0 aromatic carbocycles. The van der Waals surface area contributed by atoms with Crippen LogP contribution in [-0.2, 0) is 5.41 Å². The van der Waals surface area contributed by atoms with E-state index >= 15 is 0 Å². The zero-order chi connectivity index (χ0) is 17.1. The molecule has 1 aliphatic rings. The number of rotatable bonds is 5. The summed E-state index contributed by atoms with van der Waals surface area (Å²) in [5, 5.41) is 11.7. The Kier molecular flexibility index (Phi) is 4.09. The third-order valence-electron chi connectivity index (χ3n) is 4.63. The summed E-state index contributed by atoms with van der Waals surface area (Å²) in [5.74, 6) is 0.664. The summed E-state index contributed by atoms with van der Waals surface area (Å²) in [6.45, 7) is 0.585. The van der Waals surface area contributed by atoms with E-state index in [9.17, 15) is 4.39 Å². The van der Waals surface area contributed by atoms with Crippen LogP contribution in [0.15, 0.2) is 60.9 Å². The number of anilines is 1. The van der Waals surface area contributed by atoms with E-state index in [1.807, 2.05) is 48.5 Å². The smallest absolute Gasteiger partial charge is 0.148 e. The van der Waals surface area contributed by atoms with Crippen LogP contribution in [-0.4, -0.2) is 32.9 Å². The van der Waals surface area contributed by atoms with E-state index in [0.29, 0.717) is 25.2 Å².